The molecule has 0 aliphatic heterocycles. The van der Waals surface area contributed by atoms with Crippen molar-refractivity contribution in [3.63, 3.8) is 0 Å². The highest BCUT2D eigenvalue weighted by Gasteiger charge is 2.16. The smallest absolute Gasteiger partial charge is 0.287 e. The maximum Gasteiger partial charge on any atom is 0.287 e. The summed E-state index contributed by atoms with van der Waals surface area (Å²) in [7, 11) is 1.45. The lowest BCUT2D eigenvalue weighted by molar-refractivity contribution is -0.137. The molecule has 1 aromatic heterocycles. The van der Waals surface area contributed by atoms with Crippen molar-refractivity contribution in [2.45, 2.75) is 38.5 Å². The number of benzene rings is 2. The summed E-state index contributed by atoms with van der Waals surface area (Å²) in [5, 5.41) is 5.86. The van der Waals surface area contributed by atoms with Crippen molar-refractivity contribution in [1.82, 2.24) is 10.3 Å². The van der Waals surface area contributed by atoms with E-state index < -0.39 is 11.7 Å². The number of anilines is 1. The van der Waals surface area contributed by atoms with Crippen molar-refractivity contribution in [2.24, 2.45) is 0 Å². The number of rotatable bonds is 11. The number of nitrogens with zero attached hydrogens (tertiary/aromatic N) is 1. The van der Waals surface area contributed by atoms with Gasteiger partial charge in [0.05, 0.1) is 10.6 Å². The first-order valence-corrected chi connectivity index (χ1v) is 11.6. The van der Waals surface area contributed by atoms with Crippen molar-refractivity contribution < 1.29 is 14.4 Å². The number of hydrogen-bond acceptors (Lipinski definition) is 5. The molecule has 0 fully saturated rings. The molecule has 3 rings (SSSR count). The van der Waals surface area contributed by atoms with E-state index in [4.69, 9.17) is 4.98 Å². The quantitative estimate of drug-likeness (QED) is 0.316. The molecule has 0 spiro atoms. The number of nitrogens with one attached hydrogen (secondary N) is 2. The summed E-state index contributed by atoms with van der Waals surface area (Å²) in [4.78, 5) is 40.8. The van der Waals surface area contributed by atoms with E-state index in [1.54, 1.807) is 0 Å². The highest BCUT2D eigenvalue weighted by atomic mass is 32.1. The first kappa shape index (κ1) is 23.3. The number of unbranched alkanes of at least 4 members (excludes halogenated alkanes) is 3. The fourth-order valence-electron chi connectivity index (χ4n) is 3.31. The van der Waals surface area contributed by atoms with Crippen LogP contribution in [0.25, 0.3) is 21.7 Å². The molecule has 0 radical (unpaired) electrons. The van der Waals surface area contributed by atoms with Crippen LogP contribution >= 0.6 is 11.3 Å². The molecule has 0 aliphatic rings. The SMILES string of the molecule is CNC(=O)C(=O)CCCCCCC(=O)Nc1nc(-c2ccccc2)c(-c2ccccc2)s1. The van der Waals surface area contributed by atoms with E-state index in [2.05, 4.69) is 10.6 Å². The van der Waals surface area contributed by atoms with E-state index in [1.165, 1.54) is 18.4 Å². The van der Waals surface area contributed by atoms with Crippen LogP contribution < -0.4 is 10.6 Å². The minimum Gasteiger partial charge on any atom is -0.353 e. The third-order valence-electron chi connectivity index (χ3n) is 4.99. The van der Waals surface area contributed by atoms with E-state index in [1.807, 2.05) is 60.7 Å². The molecule has 6 nitrogen and oxygen atoms in total. The molecule has 0 saturated carbocycles. The van der Waals surface area contributed by atoms with Crippen LogP contribution in [0, 0.1) is 0 Å². The number of amides is 2. The van der Waals surface area contributed by atoms with Crippen LogP contribution in [0.5, 0.6) is 0 Å². The summed E-state index contributed by atoms with van der Waals surface area (Å²) in [6.07, 6.45) is 3.66. The Bertz CT molecular complexity index is 992. The standard InChI is InChI=1S/C25H27N3O3S/c1-26-24(31)20(29)16-10-2-3-11-17-21(30)27-25-28-22(18-12-6-4-7-13-18)23(32-25)19-14-8-5-9-15-19/h4-9,12-15H,2-3,10-11,16-17H2,1H3,(H,26,31)(H,27,28,30). The number of carbonyl (C=O) groups is 3. The molecule has 7 heteroatoms. The van der Waals surface area contributed by atoms with Gasteiger partial charge in [0.2, 0.25) is 11.7 Å². The second kappa shape index (κ2) is 11.9. The van der Waals surface area contributed by atoms with Crippen LogP contribution in [0.3, 0.4) is 0 Å². The third kappa shape index (κ3) is 6.59. The highest BCUT2D eigenvalue weighted by molar-refractivity contribution is 7.19. The van der Waals surface area contributed by atoms with Gasteiger partial charge in [-0.3, -0.25) is 14.4 Å². The van der Waals surface area contributed by atoms with Crippen molar-refractivity contribution in [3.05, 3.63) is 60.7 Å². The number of ketones is 1. The summed E-state index contributed by atoms with van der Waals surface area (Å²) >= 11 is 1.47. The lowest BCUT2D eigenvalue weighted by Crippen LogP contribution is -2.27. The average Bonchev–Trinajstić information content (AvgIpc) is 3.25. The Morgan fingerprint density at radius 2 is 1.41 bits per heavy atom. The van der Waals surface area contributed by atoms with Gasteiger partial charge in [0, 0.05) is 25.5 Å². The summed E-state index contributed by atoms with van der Waals surface area (Å²) in [6.45, 7) is 0. The van der Waals surface area contributed by atoms with E-state index in [0.717, 1.165) is 41.0 Å². The fraction of sp³-hybridized carbons (Fsp3) is 0.280. The molecule has 1 heterocycles. The highest BCUT2D eigenvalue weighted by Crippen LogP contribution is 2.38. The van der Waals surface area contributed by atoms with Crippen LogP contribution in [0.2, 0.25) is 0 Å². The minimum atomic E-state index is -0.544. The Hall–Kier alpha value is -3.32. The second-order valence-electron chi connectivity index (χ2n) is 7.39. The molecule has 0 atom stereocenters. The molecular formula is C25H27N3O3S. The average molecular weight is 450 g/mol. The molecule has 2 aromatic carbocycles. The molecular weight excluding hydrogens is 422 g/mol. The lowest BCUT2D eigenvalue weighted by Gasteiger charge is -2.02. The summed E-state index contributed by atoms with van der Waals surface area (Å²) in [5.41, 5.74) is 2.93. The van der Waals surface area contributed by atoms with Crippen LogP contribution in [0.4, 0.5) is 5.13 Å². The van der Waals surface area contributed by atoms with Gasteiger partial charge in [0.25, 0.3) is 5.91 Å². The Labute approximate surface area is 192 Å². The zero-order valence-corrected chi connectivity index (χ0v) is 18.9. The molecule has 3 aromatic rings. The van der Waals surface area contributed by atoms with Crippen LogP contribution in [0.1, 0.15) is 38.5 Å². The third-order valence-corrected chi connectivity index (χ3v) is 6.01. The monoisotopic (exact) mass is 449 g/mol. The molecule has 0 aliphatic carbocycles. The van der Waals surface area contributed by atoms with Crippen molar-refractivity contribution in [3.8, 4) is 21.7 Å². The lowest BCUT2D eigenvalue weighted by atomic mass is 10.1. The van der Waals surface area contributed by atoms with Gasteiger partial charge in [0.15, 0.2) is 5.13 Å². The largest absolute Gasteiger partial charge is 0.353 e. The van der Waals surface area contributed by atoms with Crippen LogP contribution in [-0.4, -0.2) is 29.6 Å². The summed E-state index contributed by atoms with van der Waals surface area (Å²) in [5.74, 6) is -1.01. The van der Waals surface area contributed by atoms with Crippen molar-refractivity contribution in [2.75, 3.05) is 12.4 Å². The van der Waals surface area contributed by atoms with Gasteiger partial charge in [0.1, 0.15) is 0 Å². The fourth-order valence-corrected chi connectivity index (χ4v) is 4.32. The number of carbonyl (C=O) groups excluding carboxylic acids is 3. The maximum atomic E-state index is 12.4. The zero-order valence-electron chi connectivity index (χ0n) is 18.1. The minimum absolute atomic E-state index is 0.0700. The Morgan fingerprint density at radius 1 is 0.812 bits per heavy atom. The van der Waals surface area contributed by atoms with Crippen LogP contribution in [0.15, 0.2) is 60.7 Å². The summed E-state index contributed by atoms with van der Waals surface area (Å²) < 4.78 is 0. The molecule has 0 bridgehead atoms. The van der Waals surface area contributed by atoms with Gasteiger partial charge in [-0.2, -0.15) is 0 Å². The first-order chi connectivity index (χ1) is 15.6. The topological polar surface area (TPSA) is 88.2 Å². The molecule has 0 unspecified atom stereocenters. The van der Waals surface area contributed by atoms with E-state index in [-0.39, 0.29) is 12.3 Å². The molecule has 2 N–H and O–H groups in total. The van der Waals surface area contributed by atoms with E-state index >= 15 is 0 Å². The summed E-state index contributed by atoms with van der Waals surface area (Å²) in [6, 6.07) is 20.0. The molecule has 166 valence electrons. The van der Waals surface area contributed by atoms with Gasteiger partial charge in [-0.1, -0.05) is 84.8 Å². The normalized spacial score (nSPS) is 10.5. The zero-order chi connectivity index (χ0) is 22.8. The number of hydrogen-bond donors (Lipinski definition) is 2. The van der Waals surface area contributed by atoms with Gasteiger partial charge in [-0.25, -0.2) is 4.98 Å². The van der Waals surface area contributed by atoms with Gasteiger partial charge >= 0.3 is 0 Å². The Morgan fingerprint density at radius 3 is 2.03 bits per heavy atom. The number of aromatic nitrogens is 1. The predicted octanol–water partition coefficient (Wildman–Crippen LogP) is 5.07. The molecule has 32 heavy (non-hydrogen) atoms. The number of thiazole rings is 1. The van der Waals surface area contributed by atoms with Gasteiger partial charge < -0.3 is 10.6 Å². The van der Waals surface area contributed by atoms with Gasteiger partial charge in [-0.15, -0.1) is 0 Å². The Balaban J connectivity index is 1.55. The number of likely N-dealkylation sites (N-methyl/N-ethyl adjacent to an activating group) is 1. The van der Waals surface area contributed by atoms with Crippen molar-refractivity contribution >= 4 is 34.1 Å². The first-order valence-electron chi connectivity index (χ1n) is 10.7. The van der Waals surface area contributed by atoms with E-state index in [9.17, 15) is 14.4 Å². The van der Waals surface area contributed by atoms with Crippen LogP contribution in [-0.2, 0) is 14.4 Å². The Kier molecular flexibility index (Phi) is 8.69. The van der Waals surface area contributed by atoms with E-state index in [0.29, 0.717) is 18.0 Å². The number of Topliss-reactive ketones (excluding diaryl/α,β-unsaturated/α-hetero) is 1. The van der Waals surface area contributed by atoms with Gasteiger partial charge in [-0.05, 0) is 18.4 Å². The van der Waals surface area contributed by atoms with Crippen molar-refractivity contribution in [1.29, 1.82) is 0 Å². The predicted molar refractivity (Wildman–Crippen MR) is 128 cm³/mol. The molecule has 2 amide bonds. The maximum absolute atomic E-state index is 12.4. The second-order valence-corrected chi connectivity index (χ2v) is 8.39. The molecule has 0 saturated heterocycles.